The van der Waals surface area contributed by atoms with Crippen molar-refractivity contribution in [1.29, 1.82) is 0 Å². The van der Waals surface area contributed by atoms with Gasteiger partial charge in [0.05, 0.1) is 16.8 Å². The monoisotopic (exact) mass is 839 g/mol. The van der Waals surface area contributed by atoms with Gasteiger partial charge in [-0.15, -0.1) is 0 Å². The van der Waals surface area contributed by atoms with E-state index in [9.17, 15) is 0 Å². The highest BCUT2D eigenvalue weighted by molar-refractivity contribution is 6.20. The first-order valence-corrected chi connectivity index (χ1v) is 22.7. The van der Waals surface area contributed by atoms with Gasteiger partial charge in [-0.25, -0.2) is 0 Å². The molecular formula is C64H41NO. The number of nitrogens with zero attached hydrogens (tertiary/aromatic N) is 1. The number of rotatable bonds is 7. The Morgan fingerprint density at radius 2 is 0.894 bits per heavy atom. The first-order chi connectivity index (χ1) is 32.7. The minimum atomic E-state index is 0.847. The summed E-state index contributed by atoms with van der Waals surface area (Å²) in [5.74, 6) is 0. The molecule has 13 rings (SSSR count). The van der Waals surface area contributed by atoms with Crippen LogP contribution in [0, 0.1) is 0 Å². The molecule has 0 bridgehead atoms. The van der Waals surface area contributed by atoms with Crippen LogP contribution in [-0.2, 0) is 0 Å². The second kappa shape index (κ2) is 15.5. The lowest BCUT2D eigenvalue weighted by atomic mass is 9.88. The van der Waals surface area contributed by atoms with Crippen LogP contribution in [0.25, 0.3) is 110 Å². The minimum absolute atomic E-state index is 0.847. The largest absolute Gasteiger partial charge is 0.455 e. The molecule has 0 saturated heterocycles. The van der Waals surface area contributed by atoms with Gasteiger partial charge in [0.25, 0.3) is 0 Å². The average molecular weight is 840 g/mol. The van der Waals surface area contributed by atoms with Crippen molar-refractivity contribution in [3.05, 3.63) is 249 Å². The lowest BCUT2D eigenvalue weighted by Gasteiger charge is -2.30. The van der Waals surface area contributed by atoms with E-state index in [0.717, 1.165) is 72.0 Å². The first-order valence-electron chi connectivity index (χ1n) is 22.7. The molecule has 2 heteroatoms. The van der Waals surface area contributed by atoms with Gasteiger partial charge in [0, 0.05) is 22.0 Å². The molecule has 66 heavy (non-hydrogen) atoms. The third kappa shape index (κ3) is 6.18. The van der Waals surface area contributed by atoms with Crippen molar-refractivity contribution < 1.29 is 4.42 Å². The molecule has 1 aromatic heterocycles. The number of benzene rings is 12. The molecule has 0 radical (unpaired) electrons. The zero-order valence-electron chi connectivity index (χ0n) is 36.0. The van der Waals surface area contributed by atoms with E-state index in [1.807, 2.05) is 0 Å². The van der Waals surface area contributed by atoms with Crippen LogP contribution in [-0.4, -0.2) is 0 Å². The zero-order chi connectivity index (χ0) is 43.6. The summed E-state index contributed by atoms with van der Waals surface area (Å²) in [7, 11) is 0. The lowest BCUT2D eigenvalue weighted by molar-refractivity contribution is 0.672. The van der Waals surface area contributed by atoms with E-state index in [2.05, 4.69) is 254 Å². The Labute approximate surface area is 382 Å². The number of fused-ring (bicyclic) bond motifs is 9. The molecule has 0 unspecified atom stereocenters. The van der Waals surface area contributed by atoms with Crippen molar-refractivity contribution in [2.75, 3.05) is 4.90 Å². The summed E-state index contributed by atoms with van der Waals surface area (Å²) >= 11 is 0. The van der Waals surface area contributed by atoms with Gasteiger partial charge >= 0.3 is 0 Å². The Morgan fingerprint density at radius 1 is 0.273 bits per heavy atom. The summed E-state index contributed by atoms with van der Waals surface area (Å²) in [4.78, 5) is 2.47. The molecule has 0 saturated carbocycles. The number of furan rings is 1. The summed E-state index contributed by atoms with van der Waals surface area (Å²) < 4.78 is 6.88. The van der Waals surface area contributed by atoms with Crippen LogP contribution in [0.3, 0.4) is 0 Å². The number of hydrogen-bond acceptors (Lipinski definition) is 2. The minimum Gasteiger partial charge on any atom is -0.455 e. The van der Waals surface area contributed by atoms with Crippen LogP contribution >= 0.6 is 0 Å². The van der Waals surface area contributed by atoms with Gasteiger partial charge in [0.2, 0.25) is 0 Å². The fraction of sp³-hybridized carbons (Fsp3) is 0. The standard InChI is InChI=1S/C64H41NO/c1-2-18-43(19-3-1)50-38-36-48(41-58(50)47-34-33-42-17-4-5-21-45(42)39-47)65(61-31-16-32-62-63(61)57-37-35-44-20-6-9-24-51(44)64(57)66-62)60-30-15-14-29-56(60)53-26-11-13-28-55(53)59-40-46-22-7-8-23-49(46)52-25-10-12-27-54(52)59/h1-41H. The Morgan fingerprint density at radius 3 is 1.73 bits per heavy atom. The molecule has 308 valence electrons. The maximum absolute atomic E-state index is 6.88. The van der Waals surface area contributed by atoms with Gasteiger partial charge in [-0.05, 0) is 125 Å². The van der Waals surface area contributed by atoms with E-state index < -0.39 is 0 Å². The number of hydrogen-bond donors (Lipinski definition) is 0. The van der Waals surface area contributed by atoms with Crippen LogP contribution in [0.15, 0.2) is 253 Å². The van der Waals surface area contributed by atoms with Gasteiger partial charge in [0.1, 0.15) is 11.2 Å². The zero-order valence-corrected chi connectivity index (χ0v) is 36.0. The molecule has 0 aliphatic rings. The maximum Gasteiger partial charge on any atom is 0.143 e. The van der Waals surface area contributed by atoms with Gasteiger partial charge in [-0.2, -0.15) is 0 Å². The molecule has 0 spiro atoms. The highest BCUT2D eigenvalue weighted by atomic mass is 16.3. The topological polar surface area (TPSA) is 16.4 Å². The van der Waals surface area contributed by atoms with Crippen molar-refractivity contribution in [2.24, 2.45) is 0 Å². The summed E-state index contributed by atoms with van der Waals surface area (Å²) in [5, 5.41) is 11.8. The summed E-state index contributed by atoms with van der Waals surface area (Å²) in [6.45, 7) is 0. The fourth-order valence-electron chi connectivity index (χ4n) is 10.4. The molecule has 0 fully saturated rings. The SMILES string of the molecule is c1ccc(-c2ccc(N(c3ccccc3-c3ccccc3-c3cc4ccccc4c4ccccc34)c3cccc4oc5c6ccccc6ccc5c34)cc2-c2ccc3ccccc3c2)cc1. The normalized spacial score (nSPS) is 11.6. The van der Waals surface area contributed by atoms with Gasteiger partial charge < -0.3 is 9.32 Å². The van der Waals surface area contributed by atoms with Gasteiger partial charge in [0.15, 0.2) is 0 Å². The molecule has 2 nitrogen and oxygen atoms in total. The van der Waals surface area contributed by atoms with E-state index in [0.29, 0.717) is 0 Å². The second-order valence-corrected chi connectivity index (χ2v) is 17.2. The van der Waals surface area contributed by atoms with Crippen molar-refractivity contribution >= 4 is 82.1 Å². The van der Waals surface area contributed by atoms with Gasteiger partial charge in [-0.3, -0.25) is 0 Å². The predicted octanol–water partition coefficient (Wildman–Crippen LogP) is 18.3. The van der Waals surface area contributed by atoms with E-state index in [1.54, 1.807) is 0 Å². The average Bonchev–Trinajstić information content (AvgIpc) is 3.79. The fourth-order valence-corrected chi connectivity index (χ4v) is 10.4. The molecular weight excluding hydrogens is 799 g/mol. The van der Waals surface area contributed by atoms with Crippen molar-refractivity contribution in [2.45, 2.75) is 0 Å². The molecule has 0 atom stereocenters. The molecule has 0 N–H and O–H groups in total. The van der Waals surface area contributed by atoms with Crippen LogP contribution in [0.5, 0.6) is 0 Å². The van der Waals surface area contributed by atoms with E-state index in [-0.39, 0.29) is 0 Å². The molecule has 0 aliphatic heterocycles. The second-order valence-electron chi connectivity index (χ2n) is 17.2. The molecule has 0 aliphatic carbocycles. The Kier molecular flexibility index (Phi) is 8.89. The molecule has 0 amide bonds. The molecule has 13 aromatic rings. The summed E-state index contributed by atoms with van der Waals surface area (Å²) in [6.07, 6.45) is 0. The Balaban J connectivity index is 1.10. The smallest absolute Gasteiger partial charge is 0.143 e. The Bertz CT molecular complexity index is 4010. The lowest BCUT2D eigenvalue weighted by Crippen LogP contribution is -2.12. The van der Waals surface area contributed by atoms with Crippen LogP contribution in [0.1, 0.15) is 0 Å². The van der Waals surface area contributed by atoms with Crippen molar-refractivity contribution in [3.63, 3.8) is 0 Å². The molecule has 12 aromatic carbocycles. The predicted molar refractivity (Wildman–Crippen MR) is 280 cm³/mol. The highest BCUT2D eigenvalue weighted by Crippen LogP contribution is 2.50. The summed E-state index contributed by atoms with van der Waals surface area (Å²) in [5.41, 5.74) is 14.2. The molecule has 1 heterocycles. The quantitative estimate of drug-likeness (QED) is 0.149. The van der Waals surface area contributed by atoms with Crippen molar-refractivity contribution in [1.82, 2.24) is 0 Å². The maximum atomic E-state index is 6.88. The van der Waals surface area contributed by atoms with Crippen LogP contribution in [0.2, 0.25) is 0 Å². The van der Waals surface area contributed by atoms with E-state index in [1.165, 1.54) is 54.6 Å². The summed E-state index contributed by atoms with van der Waals surface area (Å²) in [6, 6.07) is 90.4. The number of para-hydroxylation sites is 1. The third-order valence-corrected chi connectivity index (χ3v) is 13.4. The van der Waals surface area contributed by atoms with E-state index >= 15 is 0 Å². The van der Waals surface area contributed by atoms with Crippen LogP contribution in [0.4, 0.5) is 17.1 Å². The highest BCUT2D eigenvalue weighted by Gasteiger charge is 2.25. The third-order valence-electron chi connectivity index (χ3n) is 13.4. The number of anilines is 3. The van der Waals surface area contributed by atoms with Crippen LogP contribution < -0.4 is 4.90 Å². The first kappa shape index (κ1) is 37.8. The van der Waals surface area contributed by atoms with Crippen molar-refractivity contribution in [3.8, 4) is 44.5 Å². The van der Waals surface area contributed by atoms with E-state index in [4.69, 9.17) is 4.42 Å². The van der Waals surface area contributed by atoms with Gasteiger partial charge in [-0.1, -0.05) is 200 Å². The Hall–Kier alpha value is -8.72.